The van der Waals surface area contributed by atoms with Crippen LogP contribution < -0.4 is 16.4 Å². The van der Waals surface area contributed by atoms with Crippen LogP contribution in [0, 0.1) is 5.92 Å². The summed E-state index contributed by atoms with van der Waals surface area (Å²) < 4.78 is 0. The van der Waals surface area contributed by atoms with Crippen LogP contribution in [0.1, 0.15) is 41.8 Å². The van der Waals surface area contributed by atoms with Crippen LogP contribution in [0.25, 0.3) is 0 Å². The third kappa shape index (κ3) is 2.58. The van der Waals surface area contributed by atoms with E-state index in [0.29, 0.717) is 22.7 Å². The maximum atomic E-state index is 11.9. The molecule has 2 fully saturated rings. The summed E-state index contributed by atoms with van der Waals surface area (Å²) in [4.78, 5) is 16.7. The molecule has 1 aromatic heterocycles. The van der Waals surface area contributed by atoms with E-state index in [2.05, 4.69) is 15.6 Å². The monoisotopic (exact) mass is 266 g/mol. The quantitative estimate of drug-likeness (QED) is 0.759. The molecule has 0 atom stereocenters. The van der Waals surface area contributed by atoms with E-state index in [9.17, 15) is 4.79 Å². The number of carbonyl (C=O) groups excluding carboxylic acids is 1. The second-order valence-corrected chi connectivity index (χ2v) is 6.16. The van der Waals surface area contributed by atoms with Crippen molar-refractivity contribution >= 4 is 28.2 Å². The standard InChI is InChI=1S/C12H18N4OS/c13-10-9(11(17)14-6-7-4-5-7)18-12(16-10)15-8-2-1-3-8/h7-8H,1-6,13H2,(H,14,17)(H,15,16). The van der Waals surface area contributed by atoms with Gasteiger partial charge in [-0.05, 0) is 38.0 Å². The van der Waals surface area contributed by atoms with Gasteiger partial charge in [-0.25, -0.2) is 4.98 Å². The van der Waals surface area contributed by atoms with E-state index in [4.69, 9.17) is 5.73 Å². The Balaban J connectivity index is 1.60. The number of thiazole rings is 1. The number of hydrogen-bond donors (Lipinski definition) is 3. The Hall–Kier alpha value is -1.30. The van der Waals surface area contributed by atoms with Crippen molar-refractivity contribution in [3.05, 3.63) is 4.88 Å². The van der Waals surface area contributed by atoms with Gasteiger partial charge in [0.25, 0.3) is 5.91 Å². The second-order valence-electron chi connectivity index (χ2n) is 5.16. The molecule has 0 aromatic carbocycles. The summed E-state index contributed by atoms with van der Waals surface area (Å²) in [6.45, 7) is 0.765. The van der Waals surface area contributed by atoms with Crippen molar-refractivity contribution in [3.63, 3.8) is 0 Å². The fourth-order valence-corrected chi connectivity index (χ4v) is 2.80. The number of hydrogen-bond acceptors (Lipinski definition) is 5. The smallest absolute Gasteiger partial charge is 0.265 e. The lowest BCUT2D eigenvalue weighted by atomic mass is 9.93. The number of rotatable bonds is 5. The van der Waals surface area contributed by atoms with Crippen LogP contribution in [0.5, 0.6) is 0 Å². The lowest BCUT2D eigenvalue weighted by molar-refractivity contribution is 0.0956. The molecule has 3 rings (SSSR count). The highest BCUT2D eigenvalue weighted by Gasteiger charge is 2.24. The molecule has 98 valence electrons. The van der Waals surface area contributed by atoms with Crippen molar-refractivity contribution in [1.82, 2.24) is 10.3 Å². The molecule has 5 nitrogen and oxygen atoms in total. The van der Waals surface area contributed by atoms with Crippen molar-refractivity contribution in [3.8, 4) is 0 Å². The number of nitrogens with two attached hydrogens (primary N) is 1. The van der Waals surface area contributed by atoms with Gasteiger partial charge in [-0.3, -0.25) is 4.79 Å². The summed E-state index contributed by atoms with van der Waals surface area (Å²) in [6, 6.07) is 0.512. The first kappa shape index (κ1) is 11.8. The molecule has 1 heterocycles. The van der Waals surface area contributed by atoms with Gasteiger partial charge in [0.1, 0.15) is 10.7 Å². The first-order chi connectivity index (χ1) is 8.72. The van der Waals surface area contributed by atoms with E-state index >= 15 is 0 Å². The minimum Gasteiger partial charge on any atom is -0.382 e. The van der Waals surface area contributed by atoms with Crippen LogP contribution in [0.4, 0.5) is 10.9 Å². The number of nitrogens with one attached hydrogen (secondary N) is 2. The molecule has 0 unspecified atom stereocenters. The first-order valence-corrected chi connectivity index (χ1v) is 7.35. The molecular weight excluding hydrogens is 248 g/mol. The largest absolute Gasteiger partial charge is 0.382 e. The Morgan fingerprint density at radius 3 is 2.78 bits per heavy atom. The van der Waals surface area contributed by atoms with E-state index < -0.39 is 0 Å². The van der Waals surface area contributed by atoms with E-state index in [1.807, 2.05) is 0 Å². The van der Waals surface area contributed by atoms with Crippen LogP contribution in [0.2, 0.25) is 0 Å². The van der Waals surface area contributed by atoms with Crippen LogP contribution in [0.15, 0.2) is 0 Å². The van der Waals surface area contributed by atoms with Gasteiger partial charge in [-0.2, -0.15) is 0 Å². The van der Waals surface area contributed by atoms with Crippen LogP contribution in [-0.2, 0) is 0 Å². The molecule has 2 aliphatic carbocycles. The number of nitrogens with zero attached hydrogens (tertiary/aromatic N) is 1. The second kappa shape index (κ2) is 4.76. The number of aromatic nitrogens is 1. The van der Waals surface area contributed by atoms with Crippen molar-refractivity contribution in [2.45, 2.75) is 38.1 Å². The number of amides is 1. The molecule has 0 bridgehead atoms. The van der Waals surface area contributed by atoms with Crippen molar-refractivity contribution in [1.29, 1.82) is 0 Å². The van der Waals surface area contributed by atoms with Crippen LogP contribution >= 0.6 is 11.3 Å². The molecule has 0 spiro atoms. The average molecular weight is 266 g/mol. The van der Waals surface area contributed by atoms with Gasteiger partial charge in [0.05, 0.1) is 0 Å². The topological polar surface area (TPSA) is 80.0 Å². The molecule has 4 N–H and O–H groups in total. The van der Waals surface area contributed by atoms with Gasteiger partial charge in [0.2, 0.25) is 0 Å². The normalized spacial score (nSPS) is 19.3. The zero-order chi connectivity index (χ0) is 12.5. The SMILES string of the molecule is Nc1nc(NC2CCC2)sc1C(=O)NCC1CC1. The Kier molecular flexibility index (Phi) is 3.11. The lowest BCUT2D eigenvalue weighted by Gasteiger charge is -2.25. The maximum Gasteiger partial charge on any atom is 0.265 e. The molecule has 1 amide bonds. The van der Waals surface area contributed by atoms with Gasteiger partial charge in [-0.15, -0.1) is 0 Å². The first-order valence-electron chi connectivity index (χ1n) is 6.53. The molecule has 2 saturated carbocycles. The van der Waals surface area contributed by atoms with E-state index in [0.717, 1.165) is 11.7 Å². The van der Waals surface area contributed by atoms with Gasteiger partial charge < -0.3 is 16.4 Å². The third-order valence-corrected chi connectivity index (χ3v) is 4.54. The van der Waals surface area contributed by atoms with Gasteiger partial charge in [0.15, 0.2) is 5.13 Å². The fraction of sp³-hybridized carbons (Fsp3) is 0.667. The highest BCUT2D eigenvalue weighted by Crippen LogP contribution is 2.30. The maximum absolute atomic E-state index is 11.9. The highest BCUT2D eigenvalue weighted by atomic mass is 32.1. The molecule has 18 heavy (non-hydrogen) atoms. The summed E-state index contributed by atoms with van der Waals surface area (Å²) in [7, 11) is 0. The minimum atomic E-state index is -0.0847. The van der Waals surface area contributed by atoms with Crippen molar-refractivity contribution < 1.29 is 4.79 Å². The van der Waals surface area contributed by atoms with Gasteiger partial charge in [0, 0.05) is 12.6 Å². The number of nitrogen functional groups attached to an aromatic ring is 1. The summed E-state index contributed by atoms with van der Waals surface area (Å²) in [5.41, 5.74) is 5.80. The van der Waals surface area contributed by atoms with Gasteiger partial charge in [-0.1, -0.05) is 11.3 Å². The molecule has 6 heteroatoms. The van der Waals surface area contributed by atoms with E-state index in [1.165, 1.54) is 43.4 Å². The summed E-state index contributed by atoms with van der Waals surface area (Å²) in [6.07, 6.45) is 6.10. The average Bonchev–Trinajstić information content (AvgIpc) is 3.04. The summed E-state index contributed by atoms with van der Waals surface area (Å²) in [5, 5.41) is 7.01. The number of anilines is 2. The molecule has 1 aromatic rings. The predicted molar refractivity (Wildman–Crippen MR) is 72.8 cm³/mol. The summed E-state index contributed by atoms with van der Waals surface area (Å²) >= 11 is 1.36. The predicted octanol–water partition coefficient (Wildman–Crippen LogP) is 1.83. The Labute approximate surface area is 110 Å². The van der Waals surface area contributed by atoms with Crippen LogP contribution in [-0.4, -0.2) is 23.5 Å². The zero-order valence-electron chi connectivity index (χ0n) is 10.2. The molecule has 0 saturated heterocycles. The highest BCUT2D eigenvalue weighted by molar-refractivity contribution is 7.18. The zero-order valence-corrected chi connectivity index (χ0v) is 11.1. The Morgan fingerprint density at radius 2 is 2.17 bits per heavy atom. The summed E-state index contributed by atoms with van der Waals surface area (Å²) in [5.74, 6) is 0.935. The van der Waals surface area contributed by atoms with Crippen molar-refractivity contribution in [2.75, 3.05) is 17.6 Å². The van der Waals surface area contributed by atoms with Crippen molar-refractivity contribution in [2.24, 2.45) is 5.92 Å². The van der Waals surface area contributed by atoms with E-state index in [-0.39, 0.29) is 5.91 Å². The lowest BCUT2D eigenvalue weighted by Crippen LogP contribution is -2.26. The minimum absolute atomic E-state index is 0.0847. The molecule has 0 radical (unpaired) electrons. The Morgan fingerprint density at radius 1 is 1.39 bits per heavy atom. The molecule has 2 aliphatic rings. The van der Waals surface area contributed by atoms with E-state index in [1.54, 1.807) is 0 Å². The third-order valence-electron chi connectivity index (χ3n) is 3.54. The fourth-order valence-electron chi connectivity index (χ4n) is 1.92. The molecule has 0 aliphatic heterocycles. The van der Waals surface area contributed by atoms with Gasteiger partial charge >= 0.3 is 0 Å². The Bertz CT molecular complexity index is 451. The number of carbonyl (C=O) groups is 1. The van der Waals surface area contributed by atoms with Crippen LogP contribution in [0.3, 0.4) is 0 Å². The molecular formula is C12H18N4OS.